The van der Waals surface area contributed by atoms with E-state index in [4.69, 9.17) is 10.8 Å². The van der Waals surface area contributed by atoms with Crippen LogP contribution < -0.4 is 11.3 Å². The van der Waals surface area contributed by atoms with Crippen molar-refractivity contribution in [1.29, 1.82) is 0 Å². The van der Waals surface area contributed by atoms with Crippen molar-refractivity contribution < 1.29 is 9.90 Å². The summed E-state index contributed by atoms with van der Waals surface area (Å²) in [5.41, 5.74) is 4.53. The normalized spacial score (nSPS) is 14.7. The summed E-state index contributed by atoms with van der Waals surface area (Å²) in [6.45, 7) is 1.52. The zero-order valence-electron chi connectivity index (χ0n) is 7.78. The number of aliphatic carboxylic acids is 1. The van der Waals surface area contributed by atoms with Gasteiger partial charge in [0.05, 0.1) is 12.0 Å². The van der Waals surface area contributed by atoms with Crippen molar-refractivity contribution >= 4 is 5.97 Å². The van der Waals surface area contributed by atoms with Crippen molar-refractivity contribution in [3.63, 3.8) is 0 Å². The van der Waals surface area contributed by atoms with E-state index < -0.39 is 11.5 Å². The van der Waals surface area contributed by atoms with Gasteiger partial charge in [-0.05, 0) is 13.0 Å². The topological polar surface area (TPSA) is 96.2 Å². The summed E-state index contributed by atoms with van der Waals surface area (Å²) in [7, 11) is 0. The van der Waals surface area contributed by atoms with Gasteiger partial charge in [0.2, 0.25) is 0 Å². The second-order valence-corrected chi connectivity index (χ2v) is 3.40. The van der Waals surface area contributed by atoms with Crippen LogP contribution in [-0.2, 0) is 10.3 Å². The number of H-pyrrole nitrogens is 1. The second-order valence-electron chi connectivity index (χ2n) is 3.40. The molecule has 1 unspecified atom stereocenters. The van der Waals surface area contributed by atoms with E-state index in [0.717, 1.165) is 0 Å². The van der Waals surface area contributed by atoms with Crippen LogP contribution in [0.2, 0.25) is 0 Å². The largest absolute Gasteiger partial charge is 0.481 e. The van der Waals surface area contributed by atoms with Gasteiger partial charge >= 0.3 is 5.97 Å². The van der Waals surface area contributed by atoms with Crippen LogP contribution in [0.5, 0.6) is 0 Å². The highest BCUT2D eigenvalue weighted by atomic mass is 16.4. The van der Waals surface area contributed by atoms with E-state index >= 15 is 0 Å². The first-order valence-corrected chi connectivity index (χ1v) is 4.12. The Kier molecular flexibility index (Phi) is 2.71. The number of nitrogens with one attached hydrogen (secondary N) is 1. The molecule has 4 N–H and O–H groups in total. The third kappa shape index (κ3) is 2.20. The molecule has 1 aromatic heterocycles. The number of rotatable bonds is 3. The Morgan fingerprint density at radius 1 is 1.71 bits per heavy atom. The zero-order valence-corrected chi connectivity index (χ0v) is 7.78. The lowest BCUT2D eigenvalue weighted by Gasteiger charge is -2.21. The van der Waals surface area contributed by atoms with Crippen molar-refractivity contribution in [2.75, 3.05) is 0 Å². The van der Waals surface area contributed by atoms with Gasteiger partial charge in [-0.15, -0.1) is 0 Å². The van der Waals surface area contributed by atoms with E-state index in [2.05, 4.69) is 4.98 Å². The number of pyridine rings is 1. The molecule has 14 heavy (non-hydrogen) atoms. The van der Waals surface area contributed by atoms with E-state index in [9.17, 15) is 9.59 Å². The lowest BCUT2D eigenvalue weighted by Crippen LogP contribution is -2.40. The van der Waals surface area contributed by atoms with Crippen LogP contribution in [0.1, 0.15) is 18.9 Å². The predicted octanol–water partition coefficient (Wildman–Crippen LogP) is 0.0235. The first kappa shape index (κ1) is 10.5. The molecule has 1 heterocycles. The van der Waals surface area contributed by atoms with Crippen molar-refractivity contribution in [2.24, 2.45) is 5.73 Å². The standard InChI is InChI=1S/C9H12N2O3/c1-9(10,5-7(12)13)6-3-2-4-11-8(6)14/h2-4H,5,10H2,1H3,(H,11,14)(H,12,13). The average molecular weight is 196 g/mol. The molecule has 0 aliphatic heterocycles. The van der Waals surface area contributed by atoms with Crippen molar-refractivity contribution in [3.05, 3.63) is 34.2 Å². The summed E-state index contributed by atoms with van der Waals surface area (Å²) in [5.74, 6) is -1.03. The third-order valence-corrected chi connectivity index (χ3v) is 1.95. The Hall–Kier alpha value is -1.62. The van der Waals surface area contributed by atoms with E-state index in [0.29, 0.717) is 0 Å². The van der Waals surface area contributed by atoms with E-state index in [1.54, 1.807) is 6.07 Å². The first-order chi connectivity index (χ1) is 6.43. The quantitative estimate of drug-likeness (QED) is 0.635. The fourth-order valence-corrected chi connectivity index (χ4v) is 1.28. The Labute approximate surface area is 80.6 Å². The fraction of sp³-hybridized carbons (Fsp3) is 0.333. The molecule has 0 radical (unpaired) electrons. The number of carboxylic acids is 1. The maximum Gasteiger partial charge on any atom is 0.305 e. The summed E-state index contributed by atoms with van der Waals surface area (Å²) < 4.78 is 0. The van der Waals surface area contributed by atoms with Gasteiger partial charge < -0.3 is 15.8 Å². The van der Waals surface area contributed by atoms with Crippen molar-refractivity contribution in [2.45, 2.75) is 18.9 Å². The van der Waals surface area contributed by atoms with Gasteiger partial charge in [0, 0.05) is 11.8 Å². The number of aromatic amines is 1. The van der Waals surface area contributed by atoms with Gasteiger partial charge in [-0.25, -0.2) is 0 Å². The van der Waals surface area contributed by atoms with Gasteiger partial charge in [-0.1, -0.05) is 6.07 Å². The van der Waals surface area contributed by atoms with Gasteiger partial charge in [-0.3, -0.25) is 9.59 Å². The molecular formula is C9H12N2O3. The van der Waals surface area contributed by atoms with Crippen LogP contribution in [-0.4, -0.2) is 16.1 Å². The first-order valence-electron chi connectivity index (χ1n) is 4.12. The Morgan fingerprint density at radius 3 is 2.86 bits per heavy atom. The summed E-state index contributed by atoms with van der Waals surface area (Å²) in [5, 5.41) is 8.61. The SMILES string of the molecule is CC(N)(CC(=O)O)c1ccc[nH]c1=O. The van der Waals surface area contributed by atoms with Crippen LogP contribution in [0, 0.1) is 0 Å². The van der Waals surface area contributed by atoms with Gasteiger partial charge in [0.15, 0.2) is 0 Å². The molecule has 1 aromatic rings. The van der Waals surface area contributed by atoms with Gasteiger partial charge in [0.1, 0.15) is 0 Å². The molecule has 0 fully saturated rings. The monoisotopic (exact) mass is 196 g/mol. The maximum absolute atomic E-state index is 11.3. The summed E-state index contributed by atoms with van der Waals surface area (Å²) >= 11 is 0. The summed E-state index contributed by atoms with van der Waals surface area (Å²) in [6, 6.07) is 3.14. The van der Waals surface area contributed by atoms with Crippen LogP contribution >= 0.6 is 0 Å². The lowest BCUT2D eigenvalue weighted by molar-refractivity contribution is -0.138. The minimum Gasteiger partial charge on any atom is -0.481 e. The third-order valence-electron chi connectivity index (χ3n) is 1.95. The number of hydrogen-bond acceptors (Lipinski definition) is 3. The molecule has 0 saturated carbocycles. The van der Waals surface area contributed by atoms with E-state index in [1.165, 1.54) is 19.2 Å². The molecule has 0 aliphatic carbocycles. The number of carboxylic acid groups (broad SMARTS) is 1. The summed E-state index contributed by atoms with van der Waals surface area (Å²) in [4.78, 5) is 24.3. The Balaban J connectivity index is 3.09. The van der Waals surface area contributed by atoms with Crippen LogP contribution in [0.15, 0.2) is 23.1 Å². The van der Waals surface area contributed by atoms with Crippen LogP contribution in [0.4, 0.5) is 0 Å². The van der Waals surface area contributed by atoms with E-state index in [1.807, 2.05) is 0 Å². The minimum atomic E-state index is -1.14. The van der Waals surface area contributed by atoms with Gasteiger partial charge in [-0.2, -0.15) is 0 Å². The molecule has 0 aromatic carbocycles. The molecule has 1 rings (SSSR count). The summed E-state index contributed by atoms with van der Waals surface area (Å²) in [6.07, 6.45) is 1.20. The van der Waals surface area contributed by atoms with Crippen molar-refractivity contribution in [3.8, 4) is 0 Å². The van der Waals surface area contributed by atoms with Gasteiger partial charge in [0.25, 0.3) is 5.56 Å². The minimum absolute atomic E-state index is 0.278. The highest BCUT2D eigenvalue weighted by Gasteiger charge is 2.26. The zero-order chi connectivity index (χ0) is 10.8. The average Bonchev–Trinajstić information content (AvgIpc) is 2.02. The maximum atomic E-state index is 11.3. The molecule has 5 heteroatoms. The second kappa shape index (κ2) is 3.63. The van der Waals surface area contributed by atoms with Crippen LogP contribution in [0.25, 0.3) is 0 Å². The number of nitrogens with two attached hydrogens (primary N) is 1. The Bertz CT molecular complexity index is 395. The number of carbonyl (C=O) groups is 1. The van der Waals surface area contributed by atoms with Crippen LogP contribution in [0.3, 0.4) is 0 Å². The fourth-order valence-electron chi connectivity index (χ4n) is 1.28. The predicted molar refractivity (Wildman–Crippen MR) is 50.9 cm³/mol. The van der Waals surface area contributed by atoms with Crippen molar-refractivity contribution in [1.82, 2.24) is 4.98 Å². The highest BCUT2D eigenvalue weighted by Crippen LogP contribution is 2.17. The number of aromatic nitrogens is 1. The molecule has 0 amide bonds. The Morgan fingerprint density at radius 2 is 2.36 bits per heavy atom. The number of hydrogen-bond donors (Lipinski definition) is 3. The molecule has 76 valence electrons. The molecule has 5 nitrogen and oxygen atoms in total. The molecular weight excluding hydrogens is 184 g/mol. The highest BCUT2D eigenvalue weighted by molar-refractivity contribution is 5.68. The molecule has 0 spiro atoms. The lowest BCUT2D eigenvalue weighted by atomic mass is 9.91. The molecule has 0 aliphatic rings. The molecule has 0 bridgehead atoms. The molecule has 1 atom stereocenters. The van der Waals surface area contributed by atoms with E-state index in [-0.39, 0.29) is 17.5 Å². The molecule has 0 saturated heterocycles. The smallest absolute Gasteiger partial charge is 0.305 e.